The van der Waals surface area contributed by atoms with Crippen LogP contribution in [0, 0.1) is 11.8 Å². The number of hydrogen-bond acceptors (Lipinski definition) is 4. The highest BCUT2D eigenvalue weighted by atomic mass is 127. The number of likely N-dealkylation sites (tertiary alicyclic amines) is 1. The third-order valence-corrected chi connectivity index (χ3v) is 6.33. The number of hydrogen-bond donors (Lipinski definition) is 2. The van der Waals surface area contributed by atoms with Gasteiger partial charge in [0.25, 0.3) is 0 Å². The molecule has 0 radical (unpaired) electrons. The highest BCUT2D eigenvalue weighted by molar-refractivity contribution is 14.0. The highest BCUT2D eigenvalue weighted by Gasteiger charge is 2.27. The van der Waals surface area contributed by atoms with Gasteiger partial charge in [-0.05, 0) is 57.2 Å². The molecular formula is C25H39IN4O3. The highest BCUT2D eigenvalue weighted by Crippen LogP contribution is 2.25. The maximum absolute atomic E-state index is 12.6. The number of benzene rings is 1. The van der Waals surface area contributed by atoms with Gasteiger partial charge in [-0.15, -0.1) is 24.0 Å². The van der Waals surface area contributed by atoms with Crippen LogP contribution >= 0.6 is 24.0 Å². The van der Waals surface area contributed by atoms with Gasteiger partial charge in [0.05, 0.1) is 19.1 Å². The van der Waals surface area contributed by atoms with Gasteiger partial charge in [0, 0.05) is 31.2 Å². The number of anilines is 1. The minimum atomic E-state index is -0.0822. The van der Waals surface area contributed by atoms with Crippen molar-refractivity contribution in [1.29, 1.82) is 0 Å². The number of carbonyl (C=O) groups is 2. The van der Waals surface area contributed by atoms with E-state index in [1.165, 1.54) is 6.42 Å². The van der Waals surface area contributed by atoms with Crippen molar-refractivity contribution < 1.29 is 14.3 Å². The number of nitrogens with zero attached hydrogens (tertiary/aromatic N) is 2. The fourth-order valence-electron chi connectivity index (χ4n) is 4.54. The number of halogens is 1. The Hall–Kier alpha value is -1.84. The molecule has 184 valence electrons. The maximum Gasteiger partial charge on any atom is 0.309 e. The molecule has 1 saturated carbocycles. The fraction of sp³-hybridized carbons (Fsp3) is 0.640. The van der Waals surface area contributed by atoms with Crippen LogP contribution < -0.4 is 10.6 Å². The first-order chi connectivity index (χ1) is 15.6. The normalized spacial score (nSPS) is 17.8. The lowest BCUT2D eigenvalue weighted by Crippen LogP contribution is -2.46. The van der Waals surface area contributed by atoms with Crippen LogP contribution in [0.25, 0.3) is 0 Å². The molecule has 1 aromatic rings. The summed E-state index contributed by atoms with van der Waals surface area (Å²) in [7, 11) is 0. The third kappa shape index (κ3) is 8.46. The van der Waals surface area contributed by atoms with Crippen LogP contribution in [-0.4, -0.2) is 49.0 Å². The van der Waals surface area contributed by atoms with E-state index < -0.39 is 0 Å². The number of guanidine groups is 1. The third-order valence-electron chi connectivity index (χ3n) is 6.33. The lowest BCUT2D eigenvalue weighted by Gasteiger charge is -2.33. The van der Waals surface area contributed by atoms with E-state index in [2.05, 4.69) is 22.5 Å². The molecule has 0 atom stereocenters. The summed E-state index contributed by atoms with van der Waals surface area (Å²) in [5.74, 6) is 1.05. The topological polar surface area (TPSA) is 83.0 Å². The quantitative estimate of drug-likeness (QED) is 0.217. The standard InChI is InChI=1S/C25H38N4O3.HI/c1-3-26-25(29-15-13-21(14-16-29)24(31)32-4-2)27-18-19-9-8-12-22(17-19)28-23(30)20-10-6-5-7-11-20;/h8-9,12,17,20-21H,3-7,10-11,13-16,18H2,1-2H3,(H,26,27)(H,28,30);1H. The molecule has 1 aliphatic heterocycles. The summed E-state index contributed by atoms with van der Waals surface area (Å²) < 4.78 is 5.17. The number of amides is 1. The molecule has 8 heteroatoms. The molecule has 1 heterocycles. The van der Waals surface area contributed by atoms with Crippen LogP contribution in [0.15, 0.2) is 29.3 Å². The predicted octanol–water partition coefficient (Wildman–Crippen LogP) is 4.56. The molecule has 1 aromatic carbocycles. The van der Waals surface area contributed by atoms with E-state index >= 15 is 0 Å². The average molecular weight is 571 g/mol. The minimum absolute atomic E-state index is 0. The van der Waals surface area contributed by atoms with Gasteiger partial charge >= 0.3 is 5.97 Å². The average Bonchev–Trinajstić information content (AvgIpc) is 2.83. The second-order valence-corrected chi connectivity index (χ2v) is 8.71. The summed E-state index contributed by atoms with van der Waals surface area (Å²) in [4.78, 5) is 31.6. The first kappa shape index (κ1) is 27.4. The molecule has 0 aromatic heterocycles. The van der Waals surface area contributed by atoms with Crippen LogP contribution in [0.2, 0.25) is 0 Å². The van der Waals surface area contributed by atoms with Gasteiger partial charge in [-0.25, -0.2) is 4.99 Å². The van der Waals surface area contributed by atoms with Gasteiger partial charge in [-0.1, -0.05) is 31.4 Å². The van der Waals surface area contributed by atoms with Crippen molar-refractivity contribution in [3.8, 4) is 0 Å². The summed E-state index contributed by atoms with van der Waals surface area (Å²) in [5, 5.41) is 6.47. The Morgan fingerprint density at radius 1 is 1.06 bits per heavy atom. The Morgan fingerprint density at radius 2 is 1.79 bits per heavy atom. The van der Waals surface area contributed by atoms with Crippen molar-refractivity contribution >= 4 is 47.5 Å². The van der Waals surface area contributed by atoms with E-state index in [9.17, 15) is 9.59 Å². The molecule has 1 amide bonds. The van der Waals surface area contributed by atoms with Crippen molar-refractivity contribution in [2.75, 3.05) is 31.6 Å². The summed E-state index contributed by atoms with van der Waals surface area (Å²) in [6.45, 7) is 7.23. The SMILES string of the molecule is CCNC(=NCc1cccc(NC(=O)C2CCCCC2)c1)N1CCC(C(=O)OCC)CC1.I. The number of ether oxygens (including phenoxy) is 1. The Labute approximate surface area is 215 Å². The number of aliphatic imine (C=N–C) groups is 1. The lowest BCUT2D eigenvalue weighted by molar-refractivity contribution is -0.149. The molecule has 33 heavy (non-hydrogen) atoms. The number of esters is 1. The Morgan fingerprint density at radius 3 is 2.45 bits per heavy atom. The number of nitrogens with one attached hydrogen (secondary N) is 2. The molecule has 0 bridgehead atoms. The predicted molar refractivity (Wildman–Crippen MR) is 143 cm³/mol. The first-order valence-corrected chi connectivity index (χ1v) is 12.2. The van der Waals surface area contributed by atoms with Gasteiger partial charge in [0.15, 0.2) is 5.96 Å². The molecule has 3 rings (SSSR count). The van der Waals surface area contributed by atoms with E-state index in [0.717, 1.165) is 75.4 Å². The Kier molecular flexibility index (Phi) is 12.0. The molecule has 2 fully saturated rings. The number of carbonyl (C=O) groups excluding carboxylic acids is 2. The van der Waals surface area contributed by atoms with E-state index in [1.54, 1.807) is 0 Å². The molecule has 1 aliphatic carbocycles. The first-order valence-electron chi connectivity index (χ1n) is 12.2. The minimum Gasteiger partial charge on any atom is -0.466 e. The van der Waals surface area contributed by atoms with Crippen molar-refractivity contribution in [2.45, 2.75) is 65.3 Å². The zero-order valence-corrected chi connectivity index (χ0v) is 22.3. The van der Waals surface area contributed by atoms with Crippen molar-refractivity contribution in [3.05, 3.63) is 29.8 Å². The zero-order chi connectivity index (χ0) is 22.8. The van der Waals surface area contributed by atoms with Gasteiger partial charge < -0.3 is 20.3 Å². The molecule has 7 nitrogen and oxygen atoms in total. The van der Waals surface area contributed by atoms with E-state index in [4.69, 9.17) is 9.73 Å². The lowest BCUT2D eigenvalue weighted by atomic mass is 9.88. The summed E-state index contributed by atoms with van der Waals surface area (Å²) in [5.41, 5.74) is 1.90. The summed E-state index contributed by atoms with van der Waals surface area (Å²) in [6.07, 6.45) is 7.10. The van der Waals surface area contributed by atoms with Gasteiger partial charge in [0.1, 0.15) is 0 Å². The van der Waals surface area contributed by atoms with Crippen LogP contribution in [0.3, 0.4) is 0 Å². The maximum atomic E-state index is 12.6. The van der Waals surface area contributed by atoms with Gasteiger partial charge in [-0.3, -0.25) is 9.59 Å². The molecular weight excluding hydrogens is 531 g/mol. The Balaban J connectivity index is 0.00000385. The van der Waals surface area contributed by atoms with Crippen LogP contribution in [0.4, 0.5) is 5.69 Å². The number of rotatable bonds is 7. The zero-order valence-electron chi connectivity index (χ0n) is 20.0. The second kappa shape index (κ2) is 14.4. The van der Waals surface area contributed by atoms with Crippen LogP contribution in [0.5, 0.6) is 0 Å². The van der Waals surface area contributed by atoms with Crippen molar-refractivity contribution in [3.63, 3.8) is 0 Å². The molecule has 0 unspecified atom stereocenters. The molecule has 2 aliphatic rings. The molecule has 1 saturated heterocycles. The van der Waals surface area contributed by atoms with Gasteiger partial charge in [0.2, 0.25) is 5.91 Å². The van der Waals surface area contributed by atoms with Crippen molar-refractivity contribution in [1.82, 2.24) is 10.2 Å². The number of piperidine rings is 1. The molecule has 0 spiro atoms. The van der Waals surface area contributed by atoms with Crippen molar-refractivity contribution in [2.24, 2.45) is 16.8 Å². The molecule has 2 N–H and O–H groups in total. The van der Waals surface area contributed by atoms with E-state index in [-0.39, 0.29) is 47.7 Å². The van der Waals surface area contributed by atoms with E-state index in [1.807, 2.05) is 31.2 Å². The second-order valence-electron chi connectivity index (χ2n) is 8.71. The largest absolute Gasteiger partial charge is 0.466 e. The monoisotopic (exact) mass is 570 g/mol. The van der Waals surface area contributed by atoms with E-state index in [0.29, 0.717) is 13.2 Å². The fourth-order valence-corrected chi connectivity index (χ4v) is 4.54. The van der Waals surface area contributed by atoms with Crippen LogP contribution in [-0.2, 0) is 20.9 Å². The van der Waals surface area contributed by atoms with Crippen LogP contribution in [0.1, 0.15) is 64.4 Å². The Bertz CT molecular complexity index is 788. The summed E-state index contributed by atoms with van der Waals surface area (Å²) in [6, 6.07) is 7.97. The smallest absolute Gasteiger partial charge is 0.309 e. The summed E-state index contributed by atoms with van der Waals surface area (Å²) >= 11 is 0. The van der Waals surface area contributed by atoms with Gasteiger partial charge in [-0.2, -0.15) is 0 Å².